The topological polar surface area (TPSA) is 0 Å². The van der Waals surface area contributed by atoms with Crippen molar-refractivity contribution in [2.24, 2.45) is 0 Å². The average molecular weight is 264 g/mol. The number of rotatable bonds is 2. The van der Waals surface area contributed by atoms with Crippen LogP contribution in [0, 0.1) is 0 Å². The molecular weight excluding hydrogens is 242 g/mol. The van der Waals surface area contributed by atoms with Gasteiger partial charge in [0.15, 0.2) is 0 Å². The molecule has 0 unspecified atom stereocenters. The van der Waals surface area contributed by atoms with Crippen LogP contribution in [0.5, 0.6) is 0 Å². The van der Waals surface area contributed by atoms with Crippen molar-refractivity contribution in [3.8, 4) is 11.1 Å². The summed E-state index contributed by atoms with van der Waals surface area (Å²) in [5.41, 5.74) is 8.31. The van der Waals surface area contributed by atoms with Crippen molar-refractivity contribution in [2.45, 2.75) is 13.3 Å². The van der Waals surface area contributed by atoms with E-state index in [1.165, 1.54) is 33.5 Å². The van der Waals surface area contributed by atoms with Crippen LogP contribution in [0.2, 0.25) is 0 Å². The van der Waals surface area contributed by atoms with Crippen molar-refractivity contribution in [3.63, 3.8) is 0 Å². The van der Waals surface area contributed by atoms with Crippen LogP contribution in [0.3, 0.4) is 0 Å². The van der Waals surface area contributed by atoms with E-state index < -0.39 is 0 Å². The third kappa shape index (κ3) is 2.30. The monoisotopic (exact) mass is 264 g/mol. The zero-order chi connectivity index (χ0) is 14.3. The molecule has 2 aromatic carbocycles. The van der Waals surface area contributed by atoms with Crippen molar-refractivity contribution in [1.29, 1.82) is 0 Å². The zero-order valence-electron chi connectivity index (χ0n) is 12.8. The van der Waals surface area contributed by atoms with Gasteiger partial charge in [0.25, 0.3) is 0 Å². The van der Waals surface area contributed by atoms with Crippen molar-refractivity contribution >= 4 is 11.8 Å². The highest BCUT2D eigenvalue weighted by Crippen LogP contribution is 2.34. The molecule has 3 rings (SSSR count). The average Bonchev–Trinajstić information content (AvgIpc) is 2.78. The summed E-state index contributed by atoms with van der Waals surface area (Å²) in [7, 11) is 6.59. The first-order valence-electron chi connectivity index (χ1n) is 7.17. The summed E-state index contributed by atoms with van der Waals surface area (Å²) in [6, 6.07) is 15.6. The summed E-state index contributed by atoms with van der Waals surface area (Å²) >= 11 is 0. The molecule has 0 spiro atoms. The highest BCUT2D eigenvalue weighted by Gasteiger charge is 2.15. The molecule has 0 aromatic heterocycles. The molecule has 1 aliphatic carbocycles. The maximum atomic E-state index is 2.33. The predicted molar refractivity (Wildman–Crippen MR) is 88.8 cm³/mol. The third-order valence-corrected chi connectivity index (χ3v) is 4.01. The van der Waals surface area contributed by atoms with Crippen LogP contribution >= 0.6 is 0 Å². The van der Waals surface area contributed by atoms with Crippen molar-refractivity contribution in [3.05, 3.63) is 59.2 Å². The number of fused-ring (bicyclic) bond motifs is 1. The molecule has 1 aliphatic rings. The fourth-order valence-electron chi connectivity index (χ4n) is 2.88. The normalized spacial score (nSPS) is 14.1. The first-order chi connectivity index (χ1) is 9.45. The fraction of sp³-hybridized carbons (Fsp3) is 0.263. The van der Waals surface area contributed by atoms with E-state index in [0.29, 0.717) is 0 Å². The lowest BCUT2D eigenvalue weighted by molar-refractivity contribution is 0.486. The van der Waals surface area contributed by atoms with Crippen LogP contribution in [0.1, 0.15) is 18.1 Å². The number of hydrogen-bond donors (Lipinski definition) is 0. The lowest BCUT2D eigenvalue weighted by Crippen LogP contribution is -2.34. The Morgan fingerprint density at radius 1 is 0.900 bits per heavy atom. The number of quaternary nitrogens is 1. The minimum Gasteiger partial charge on any atom is -0.298 e. The summed E-state index contributed by atoms with van der Waals surface area (Å²) in [6.07, 6.45) is 3.43. The van der Waals surface area contributed by atoms with Crippen LogP contribution in [0.25, 0.3) is 17.2 Å². The highest BCUT2D eigenvalue weighted by atomic mass is 15.3. The van der Waals surface area contributed by atoms with Crippen molar-refractivity contribution < 1.29 is 0 Å². The molecular formula is C19H22N+. The van der Waals surface area contributed by atoms with Gasteiger partial charge in [-0.1, -0.05) is 29.8 Å². The maximum absolute atomic E-state index is 2.33. The molecule has 1 nitrogen and oxygen atoms in total. The van der Waals surface area contributed by atoms with Crippen LogP contribution in [-0.4, -0.2) is 21.1 Å². The van der Waals surface area contributed by atoms with Gasteiger partial charge in [-0.15, -0.1) is 0 Å². The van der Waals surface area contributed by atoms with E-state index in [2.05, 4.69) is 76.6 Å². The van der Waals surface area contributed by atoms with Gasteiger partial charge in [0, 0.05) is 0 Å². The molecule has 0 amide bonds. The van der Waals surface area contributed by atoms with E-state index in [1.807, 2.05) is 0 Å². The van der Waals surface area contributed by atoms with Gasteiger partial charge in [-0.2, -0.15) is 0 Å². The van der Waals surface area contributed by atoms with Crippen LogP contribution < -0.4 is 4.48 Å². The summed E-state index contributed by atoms with van der Waals surface area (Å²) in [4.78, 5) is 0. The highest BCUT2D eigenvalue weighted by molar-refractivity contribution is 5.81. The quantitative estimate of drug-likeness (QED) is 0.700. The van der Waals surface area contributed by atoms with Gasteiger partial charge in [0.05, 0.1) is 21.1 Å². The molecule has 0 bridgehead atoms. The molecule has 0 heterocycles. The number of benzene rings is 2. The Kier molecular flexibility index (Phi) is 3.02. The zero-order valence-corrected chi connectivity index (χ0v) is 12.8. The van der Waals surface area contributed by atoms with Crippen LogP contribution in [-0.2, 0) is 6.42 Å². The number of allylic oxidation sites excluding steroid dienone is 1. The first-order valence-corrected chi connectivity index (χ1v) is 7.17. The number of nitrogens with zero attached hydrogens (tertiary/aromatic N) is 1. The SMILES string of the molecule is CC1=Cc2c(cccc2-c2ccc([N+](C)(C)C)cc2)C1. The van der Waals surface area contributed by atoms with E-state index in [1.54, 1.807) is 0 Å². The summed E-state index contributed by atoms with van der Waals surface area (Å²) in [5, 5.41) is 0. The van der Waals surface area contributed by atoms with Gasteiger partial charge >= 0.3 is 0 Å². The first kappa shape index (κ1) is 13.1. The van der Waals surface area contributed by atoms with Crippen molar-refractivity contribution in [1.82, 2.24) is 4.48 Å². The maximum Gasteiger partial charge on any atom is 0.132 e. The Morgan fingerprint density at radius 2 is 1.60 bits per heavy atom. The Bertz CT molecular complexity index is 670. The second-order valence-electron chi connectivity index (χ2n) is 6.61. The van der Waals surface area contributed by atoms with Crippen LogP contribution in [0.4, 0.5) is 5.69 Å². The minimum atomic E-state index is 0.853. The molecule has 0 N–H and O–H groups in total. The summed E-state index contributed by atoms with van der Waals surface area (Å²) in [5.74, 6) is 0. The molecule has 0 aliphatic heterocycles. The predicted octanol–water partition coefficient (Wildman–Crippen LogP) is 4.51. The lowest BCUT2D eigenvalue weighted by atomic mass is 9.97. The van der Waals surface area contributed by atoms with Gasteiger partial charge in [0.1, 0.15) is 5.69 Å². The Balaban J connectivity index is 2.05. The molecule has 102 valence electrons. The largest absolute Gasteiger partial charge is 0.298 e. The van der Waals surface area contributed by atoms with Gasteiger partial charge in [-0.3, -0.25) is 4.48 Å². The third-order valence-electron chi connectivity index (χ3n) is 4.01. The van der Waals surface area contributed by atoms with Gasteiger partial charge in [0.2, 0.25) is 0 Å². The molecule has 20 heavy (non-hydrogen) atoms. The molecule has 0 fully saturated rings. The molecule has 0 atom stereocenters. The summed E-state index contributed by atoms with van der Waals surface area (Å²) in [6.45, 7) is 2.21. The van der Waals surface area contributed by atoms with Gasteiger partial charge in [-0.05, 0) is 59.9 Å². The molecule has 0 radical (unpaired) electrons. The molecule has 2 aromatic rings. The van der Waals surface area contributed by atoms with E-state index >= 15 is 0 Å². The lowest BCUT2D eigenvalue weighted by Gasteiger charge is -2.23. The standard InChI is InChI=1S/C19H22N/c1-14-12-16-6-5-7-18(19(16)13-14)15-8-10-17(11-9-15)20(2,3)4/h5-11,13H,12H2,1-4H3/q+1. The van der Waals surface area contributed by atoms with E-state index in [0.717, 1.165) is 10.9 Å². The van der Waals surface area contributed by atoms with Gasteiger partial charge < -0.3 is 0 Å². The molecule has 0 saturated carbocycles. The van der Waals surface area contributed by atoms with Crippen molar-refractivity contribution in [2.75, 3.05) is 21.1 Å². The minimum absolute atomic E-state index is 0.853. The number of hydrogen-bond acceptors (Lipinski definition) is 0. The Morgan fingerprint density at radius 3 is 2.25 bits per heavy atom. The van der Waals surface area contributed by atoms with Gasteiger partial charge in [-0.25, -0.2) is 0 Å². The molecule has 0 saturated heterocycles. The second-order valence-corrected chi connectivity index (χ2v) is 6.61. The van der Waals surface area contributed by atoms with E-state index in [-0.39, 0.29) is 0 Å². The van der Waals surface area contributed by atoms with E-state index in [4.69, 9.17) is 0 Å². The molecule has 1 heteroatoms. The Hall–Kier alpha value is -1.86. The summed E-state index contributed by atoms with van der Waals surface area (Å²) < 4.78 is 0.853. The van der Waals surface area contributed by atoms with Crippen LogP contribution in [0.15, 0.2) is 48.0 Å². The Labute approximate surface area is 121 Å². The smallest absolute Gasteiger partial charge is 0.132 e. The second kappa shape index (κ2) is 4.60. The fourth-order valence-corrected chi connectivity index (χ4v) is 2.88. The van der Waals surface area contributed by atoms with E-state index in [9.17, 15) is 0 Å².